The number of aromatic nitrogens is 2. The van der Waals surface area contributed by atoms with Crippen LogP contribution in [0.25, 0.3) is 0 Å². The molecule has 0 fully saturated rings. The van der Waals surface area contributed by atoms with Crippen molar-refractivity contribution < 1.29 is 9.90 Å². The van der Waals surface area contributed by atoms with Crippen molar-refractivity contribution >= 4 is 24.3 Å². The summed E-state index contributed by atoms with van der Waals surface area (Å²) in [7, 11) is 0. The normalized spacial score (nSPS) is 13.8. The van der Waals surface area contributed by atoms with Crippen molar-refractivity contribution in [1.82, 2.24) is 9.55 Å². The molecule has 0 aliphatic rings. The fraction of sp³-hybridized carbons (Fsp3) is 0.385. The highest BCUT2D eigenvalue weighted by Gasteiger charge is 2.36. The van der Waals surface area contributed by atoms with E-state index >= 15 is 0 Å². The quantitative estimate of drug-likeness (QED) is 0.426. The predicted octanol–water partition coefficient (Wildman–Crippen LogP) is 5.46. The van der Waals surface area contributed by atoms with Crippen LogP contribution in [0.2, 0.25) is 0 Å². The maximum Gasteiger partial charge on any atom is 0.233 e. The number of hydrogen-bond acceptors (Lipinski definition) is 3. The molecule has 2 aromatic carbocycles. The molecule has 0 aliphatic carbocycles. The molecule has 1 heterocycles. The zero-order valence-electron chi connectivity index (χ0n) is 19.1. The van der Waals surface area contributed by atoms with Crippen molar-refractivity contribution in [2.24, 2.45) is 5.41 Å². The molecule has 0 saturated heterocycles. The molecule has 32 heavy (non-hydrogen) atoms. The Balaban J connectivity index is 0.00000363. The summed E-state index contributed by atoms with van der Waals surface area (Å²) in [5.74, 6) is 0.418. The van der Waals surface area contributed by atoms with Gasteiger partial charge in [-0.3, -0.25) is 10.1 Å². The summed E-state index contributed by atoms with van der Waals surface area (Å²) in [6.45, 7) is 6.03. The van der Waals surface area contributed by atoms with E-state index in [1.54, 1.807) is 6.20 Å². The molecule has 0 saturated carbocycles. The van der Waals surface area contributed by atoms with Crippen LogP contribution in [0, 0.1) is 5.41 Å². The number of nitrogens with one attached hydrogen (secondary N) is 1. The second-order valence-corrected chi connectivity index (χ2v) is 8.81. The lowest BCUT2D eigenvalue weighted by molar-refractivity contribution is -0.126. The van der Waals surface area contributed by atoms with E-state index in [2.05, 4.69) is 22.4 Å². The Morgan fingerprint density at radius 1 is 1.06 bits per heavy atom. The van der Waals surface area contributed by atoms with E-state index in [9.17, 15) is 9.90 Å². The predicted molar refractivity (Wildman–Crippen MR) is 132 cm³/mol. The van der Waals surface area contributed by atoms with E-state index in [0.717, 1.165) is 12.0 Å². The van der Waals surface area contributed by atoms with Gasteiger partial charge in [0.2, 0.25) is 11.9 Å². The summed E-state index contributed by atoms with van der Waals surface area (Å²) >= 11 is 0. The number of imidazole rings is 1. The Hall–Kier alpha value is -2.63. The summed E-state index contributed by atoms with van der Waals surface area (Å²) in [5.41, 5.74) is 1.49. The van der Waals surface area contributed by atoms with Crippen LogP contribution in [0.1, 0.15) is 50.8 Å². The van der Waals surface area contributed by atoms with Crippen LogP contribution in [0.5, 0.6) is 0 Å². The zero-order valence-corrected chi connectivity index (χ0v) is 19.9. The van der Waals surface area contributed by atoms with Crippen LogP contribution in [0.4, 0.5) is 5.95 Å². The molecule has 0 spiro atoms. The van der Waals surface area contributed by atoms with Crippen LogP contribution in [0.15, 0.2) is 73.1 Å². The number of aryl methyl sites for hydroxylation is 1. The summed E-state index contributed by atoms with van der Waals surface area (Å²) in [4.78, 5) is 17.8. The molecule has 2 unspecified atom stereocenters. The molecule has 0 bridgehead atoms. The summed E-state index contributed by atoms with van der Waals surface area (Å²) in [6.07, 6.45) is 5.30. The number of amides is 1. The third-order valence-electron chi connectivity index (χ3n) is 5.73. The maximum absolute atomic E-state index is 13.4. The van der Waals surface area contributed by atoms with Gasteiger partial charge in [-0.25, -0.2) is 4.98 Å². The van der Waals surface area contributed by atoms with Gasteiger partial charge >= 0.3 is 0 Å². The first-order valence-electron chi connectivity index (χ1n) is 11.0. The Bertz CT molecular complexity index is 959. The molecule has 172 valence electrons. The first-order valence-corrected chi connectivity index (χ1v) is 11.0. The van der Waals surface area contributed by atoms with Crippen LogP contribution in [0.3, 0.4) is 0 Å². The lowest BCUT2D eigenvalue weighted by Crippen LogP contribution is -2.39. The minimum atomic E-state index is -0.773. The number of rotatable bonds is 10. The molecular weight excluding hydrogens is 422 g/mol. The molecule has 2 N–H and O–H groups in total. The van der Waals surface area contributed by atoms with E-state index in [1.165, 1.54) is 5.56 Å². The highest BCUT2D eigenvalue weighted by atomic mass is 35.5. The smallest absolute Gasteiger partial charge is 0.233 e. The van der Waals surface area contributed by atoms with Crippen molar-refractivity contribution in [3.63, 3.8) is 0 Å². The summed E-state index contributed by atoms with van der Waals surface area (Å²) < 4.78 is 1.94. The van der Waals surface area contributed by atoms with Crippen LogP contribution >= 0.6 is 12.4 Å². The molecule has 6 heteroatoms. The summed E-state index contributed by atoms with van der Waals surface area (Å²) in [5, 5.41) is 13.9. The number of carbonyl (C=O) groups excluding carboxylic acids is 1. The highest BCUT2D eigenvalue weighted by molar-refractivity contribution is 5.94. The van der Waals surface area contributed by atoms with E-state index in [-0.39, 0.29) is 24.4 Å². The zero-order chi connectivity index (χ0) is 22.3. The van der Waals surface area contributed by atoms with Gasteiger partial charge in [0, 0.05) is 18.4 Å². The highest BCUT2D eigenvalue weighted by Crippen LogP contribution is 2.31. The molecule has 1 aromatic heterocycles. The van der Waals surface area contributed by atoms with Gasteiger partial charge in [0.25, 0.3) is 0 Å². The van der Waals surface area contributed by atoms with Gasteiger partial charge in [0.15, 0.2) is 0 Å². The first kappa shape index (κ1) is 25.6. The van der Waals surface area contributed by atoms with Crippen molar-refractivity contribution in [3.05, 3.63) is 84.2 Å². The van der Waals surface area contributed by atoms with Crippen molar-refractivity contribution in [1.29, 1.82) is 0 Å². The number of hydrogen-bond donors (Lipinski definition) is 2. The van der Waals surface area contributed by atoms with Crippen LogP contribution < -0.4 is 5.32 Å². The van der Waals surface area contributed by atoms with Gasteiger partial charge in [-0.15, -0.1) is 12.4 Å². The number of carbonyl (C=O) groups is 1. The third-order valence-corrected chi connectivity index (χ3v) is 5.73. The standard InChI is InChI=1S/C26H33N3O2.ClH/c1-20(2)29-17-16-27-25(29)28-24(31)26(3,18-22-12-8-5-9-13-22)19-23(30)15-14-21-10-6-4-7-11-21;/h4-13,16-17,20,23,30H,14-15,18-19H2,1-3H3,(H,27,28,31);1H. The summed E-state index contributed by atoms with van der Waals surface area (Å²) in [6, 6.07) is 20.3. The van der Waals surface area contributed by atoms with Crippen molar-refractivity contribution in [2.45, 2.75) is 58.6 Å². The fourth-order valence-corrected chi connectivity index (χ4v) is 3.97. The number of anilines is 1. The second-order valence-electron chi connectivity index (χ2n) is 8.81. The number of nitrogens with zero attached hydrogens (tertiary/aromatic N) is 2. The number of aliphatic hydroxyl groups excluding tert-OH is 1. The van der Waals surface area contributed by atoms with Gasteiger partial charge in [0.1, 0.15) is 0 Å². The number of halogens is 1. The first-order chi connectivity index (χ1) is 14.9. The average Bonchev–Trinajstić information content (AvgIpc) is 3.22. The topological polar surface area (TPSA) is 67.2 Å². The van der Waals surface area contributed by atoms with E-state index in [0.29, 0.717) is 25.2 Å². The van der Waals surface area contributed by atoms with E-state index in [4.69, 9.17) is 0 Å². The lowest BCUT2D eigenvalue weighted by atomic mass is 9.77. The molecule has 1 amide bonds. The van der Waals surface area contributed by atoms with Crippen LogP contribution in [-0.2, 0) is 17.6 Å². The number of benzene rings is 2. The molecule has 5 nitrogen and oxygen atoms in total. The average molecular weight is 456 g/mol. The molecule has 3 aromatic rings. The Kier molecular flexibility index (Phi) is 9.48. The third kappa shape index (κ3) is 6.94. The number of aliphatic hydroxyl groups is 1. The molecule has 0 radical (unpaired) electrons. The van der Waals surface area contributed by atoms with Crippen molar-refractivity contribution in [3.8, 4) is 0 Å². The SMILES string of the molecule is CC(C)n1ccnc1NC(=O)C(C)(Cc1ccccc1)CC(O)CCc1ccccc1.Cl. The largest absolute Gasteiger partial charge is 0.393 e. The van der Waals surface area contributed by atoms with E-state index < -0.39 is 11.5 Å². The van der Waals surface area contributed by atoms with Crippen molar-refractivity contribution in [2.75, 3.05) is 5.32 Å². The Morgan fingerprint density at radius 3 is 2.25 bits per heavy atom. The minimum Gasteiger partial charge on any atom is -0.393 e. The van der Waals surface area contributed by atoms with Gasteiger partial charge in [-0.2, -0.15) is 0 Å². The second kappa shape index (κ2) is 11.8. The Morgan fingerprint density at radius 2 is 1.66 bits per heavy atom. The molecule has 0 aliphatic heterocycles. The van der Waals surface area contributed by atoms with Gasteiger partial charge in [0.05, 0.1) is 11.5 Å². The lowest BCUT2D eigenvalue weighted by Gasteiger charge is -2.31. The van der Waals surface area contributed by atoms with Gasteiger partial charge < -0.3 is 9.67 Å². The van der Waals surface area contributed by atoms with E-state index in [1.807, 2.05) is 80.1 Å². The monoisotopic (exact) mass is 455 g/mol. The molecular formula is C26H34ClN3O2. The van der Waals surface area contributed by atoms with Crippen LogP contribution in [-0.4, -0.2) is 26.7 Å². The van der Waals surface area contributed by atoms with Gasteiger partial charge in [-0.1, -0.05) is 67.6 Å². The Labute approximate surface area is 197 Å². The van der Waals surface area contributed by atoms with Gasteiger partial charge in [-0.05, 0) is 50.7 Å². The molecule has 3 rings (SSSR count). The fourth-order valence-electron chi connectivity index (χ4n) is 3.97. The minimum absolute atomic E-state index is 0. The maximum atomic E-state index is 13.4. The molecule has 2 atom stereocenters.